The maximum absolute atomic E-state index is 12.8. The van der Waals surface area contributed by atoms with Crippen LogP contribution < -0.4 is 4.74 Å². The Morgan fingerprint density at radius 2 is 2.18 bits per heavy atom. The van der Waals surface area contributed by atoms with Crippen molar-refractivity contribution in [2.24, 2.45) is 0 Å². The molecule has 0 saturated carbocycles. The van der Waals surface area contributed by atoms with Crippen molar-refractivity contribution in [3.05, 3.63) is 47.3 Å². The molecule has 1 aliphatic rings. The Morgan fingerprint density at radius 1 is 1.36 bits per heavy atom. The van der Waals surface area contributed by atoms with Gasteiger partial charge < -0.3 is 9.64 Å². The topological polar surface area (TPSA) is 47.4 Å². The second-order valence-electron chi connectivity index (χ2n) is 5.57. The fourth-order valence-electron chi connectivity index (χ4n) is 2.74. The number of para-hydroxylation sites is 1. The van der Waals surface area contributed by atoms with E-state index >= 15 is 0 Å². The molecule has 0 spiro atoms. The number of benzene rings is 1. The molecule has 5 nitrogen and oxygen atoms in total. The van der Waals surface area contributed by atoms with E-state index in [-0.39, 0.29) is 5.91 Å². The summed E-state index contributed by atoms with van der Waals surface area (Å²) >= 11 is 0. The van der Waals surface area contributed by atoms with Crippen molar-refractivity contribution in [1.29, 1.82) is 0 Å². The fourth-order valence-corrected chi connectivity index (χ4v) is 2.74. The molecule has 0 aliphatic carbocycles. The summed E-state index contributed by atoms with van der Waals surface area (Å²) in [6.45, 7) is 6.51. The third kappa shape index (κ3) is 2.84. The SMILES string of the molecule is CCCn1cc(C(=O)N2CCOc3ccccc3C2)c(C)n1. The third-order valence-electron chi connectivity index (χ3n) is 3.87. The van der Waals surface area contributed by atoms with Crippen LogP contribution in [0.25, 0.3) is 0 Å². The number of carbonyl (C=O) groups is 1. The van der Waals surface area contributed by atoms with E-state index in [0.717, 1.165) is 30.0 Å². The number of hydrogen-bond donors (Lipinski definition) is 0. The Balaban J connectivity index is 1.83. The van der Waals surface area contributed by atoms with Gasteiger partial charge in [0.2, 0.25) is 0 Å². The lowest BCUT2D eigenvalue weighted by Gasteiger charge is -2.19. The van der Waals surface area contributed by atoms with E-state index in [9.17, 15) is 4.79 Å². The summed E-state index contributed by atoms with van der Waals surface area (Å²) in [5.41, 5.74) is 2.52. The van der Waals surface area contributed by atoms with Crippen LogP contribution >= 0.6 is 0 Å². The summed E-state index contributed by atoms with van der Waals surface area (Å²) in [5, 5.41) is 4.42. The van der Waals surface area contributed by atoms with E-state index in [1.54, 1.807) is 0 Å². The van der Waals surface area contributed by atoms with E-state index < -0.39 is 0 Å². The molecular formula is C17H21N3O2. The van der Waals surface area contributed by atoms with Crippen LogP contribution in [0.5, 0.6) is 5.75 Å². The number of hydrogen-bond acceptors (Lipinski definition) is 3. The Morgan fingerprint density at radius 3 is 3.00 bits per heavy atom. The van der Waals surface area contributed by atoms with Crippen molar-refractivity contribution in [2.75, 3.05) is 13.2 Å². The first-order valence-electron chi connectivity index (χ1n) is 7.73. The molecule has 1 aromatic heterocycles. The number of ether oxygens (including phenoxy) is 1. The Kier molecular flexibility index (Phi) is 4.13. The number of fused-ring (bicyclic) bond motifs is 1. The second-order valence-corrected chi connectivity index (χ2v) is 5.57. The Labute approximate surface area is 130 Å². The smallest absolute Gasteiger partial charge is 0.257 e. The quantitative estimate of drug-likeness (QED) is 0.875. The maximum Gasteiger partial charge on any atom is 0.257 e. The minimum absolute atomic E-state index is 0.0279. The van der Waals surface area contributed by atoms with Gasteiger partial charge in [-0.1, -0.05) is 25.1 Å². The molecule has 0 saturated heterocycles. The summed E-state index contributed by atoms with van der Waals surface area (Å²) in [6.07, 6.45) is 2.86. The first kappa shape index (κ1) is 14.6. The zero-order valence-corrected chi connectivity index (χ0v) is 13.1. The highest BCUT2D eigenvalue weighted by Gasteiger charge is 2.23. The minimum Gasteiger partial charge on any atom is -0.491 e. The van der Waals surface area contributed by atoms with Crippen LogP contribution in [0, 0.1) is 6.92 Å². The van der Waals surface area contributed by atoms with Crippen LogP contribution in [0.15, 0.2) is 30.5 Å². The maximum atomic E-state index is 12.8. The molecule has 1 aliphatic heterocycles. The molecule has 3 rings (SSSR count). The minimum atomic E-state index is 0.0279. The van der Waals surface area contributed by atoms with E-state index in [1.807, 2.05) is 47.0 Å². The molecule has 2 aromatic rings. The van der Waals surface area contributed by atoms with Gasteiger partial charge in [-0.25, -0.2) is 0 Å². The van der Waals surface area contributed by atoms with E-state index in [0.29, 0.717) is 25.3 Å². The van der Waals surface area contributed by atoms with E-state index in [1.165, 1.54) is 0 Å². The lowest BCUT2D eigenvalue weighted by atomic mass is 10.1. The summed E-state index contributed by atoms with van der Waals surface area (Å²) in [5.74, 6) is 0.899. The van der Waals surface area contributed by atoms with Crippen LogP contribution in [0.2, 0.25) is 0 Å². The molecule has 0 atom stereocenters. The van der Waals surface area contributed by atoms with Crippen LogP contribution in [-0.2, 0) is 13.1 Å². The molecule has 5 heteroatoms. The van der Waals surface area contributed by atoms with Crippen molar-refractivity contribution >= 4 is 5.91 Å². The van der Waals surface area contributed by atoms with Crippen LogP contribution in [0.4, 0.5) is 0 Å². The third-order valence-corrected chi connectivity index (χ3v) is 3.87. The molecular weight excluding hydrogens is 278 g/mol. The lowest BCUT2D eigenvalue weighted by Crippen LogP contribution is -2.32. The van der Waals surface area contributed by atoms with Gasteiger partial charge in [0.05, 0.1) is 17.8 Å². The molecule has 0 bridgehead atoms. The second kappa shape index (κ2) is 6.22. The number of amides is 1. The summed E-state index contributed by atoms with van der Waals surface area (Å²) in [7, 11) is 0. The molecule has 1 aromatic carbocycles. The zero-order chi connectivity index (χ0) is 15.5. The van der Waals surface area contributed by atoms with Gasteiger partial charge in [0.15, 0.2) is 0 Å². The van der Waals surface area contributed by atoms with Gasteiger partial charge >= 0.3 is 0 Å². The normalized spacial score (nSPS) is 14.2. The van der Waals surface area contributed by atoms with Crippen LogP contribution in [0.3, 0.4) is 0 Å². The van der Waals surface area contributed by atoms with E-state index in [4.69, 9.17) is 4.74 Å². The average molecular weight is 299 g/mol. The molecule has 1 amide bonds. The van der Waals surface area contributed by atoms with Gasteiger partial charge in [0.25, 0.3) is 5.91 Å². The predicted molar refractivity (Wildman–Crippen MR) is 83.9 cm³/mol. The Bertz CT molecular complexity index is 678. The largest absolute Gasteiger partial charge is 0.491 e. The Hall–Kier alpha value is -2.30. The molecule has 2 heterocycles. The summed E-state index contributed by atoms with van der Waals surface area (Å²) in [4.78, 5) is 14.7. The molecule has 22 heavy (non-hydrogen) atoms. The van der Waals surface area contributed by atoms with Crippen molar-refractivity contribution in [2.45, 2.75) is 33.4 Å². The number of rotatable bonds is 3. The van der Waals surface area contributed by atoms with Gasteiger partial charge in [-0.15, -0.1) is 0 Å². The number of aryl methyl sites for hydroxylation is 2. The van der Waals surface area contributed by atoms with Crippen molar-refractivity contribution < 1.29 is 9.53 Å². The van der Waals surface area contributed by atoms with E-state index in [2.05, 4.69) is 12.0 Å². The monoisotopic (exact) mass is 299 g/mol. The van der Waals surface area contributed by atoms with Crippen molar-refractivity contribution in [1.82, 2.24) is 14.7 Å². The molecule has 0 radical (unpaired) electrons. The van der Waals surface area contributed by atoms with Gasteiger partial charge in [-0.2, -0.15) is 5.10 Å². The molecule has 0 fully saturated rings. The number of carbonyl (C=O) groups excluding carboxylic acids is 1. The van der Waals surface area contributed by atoms with Gasteiger partial charge in [-0.05, 0) is 19.4 Å². The predicted octanol–water partition coefficient (Wildman–Crippen LogP) is 2.64. The first-order valence-corrected chi connectivity index (χ1v) is 7.73. The molecule has 0 unspecified atom stereocenters. The van der Waals surface area contributed by atoms with Crippen molar-refractivity contribution in [3.8, 4) is 5.75 Å². The zero-order valence-electron chi connectivity index (χ0n) is 13.1. The first-order chi connectivity index (χ1) is 10.7. The molecule has 116 valence electrons. The van der Waals surface area contributed by atoms with Crippen molar-refractivity contribution in [3.63, 3.8) is 0 Å². The highest BCUT2D eigenvalue weighted by atomic mass is 16.5. The van der Waals surface area contributed by atoms with Crippen LogP contribution in [0.1, 0.15) is 35.0 Å². The fraction of sp³-hybridized carbons (Fsp3) is 0.412. The highest BCUT2D eigenvalue weighted by Crippen LogP contribution is 2.23. The van der Waals surface area contributed by atoms with Gasteiger partial charge in [0.1, 0.15) is 12.4 Å². The summed E-state index contributed by atoms with van der Waals surface area (Å²) < 4.78 is 7.58. The number of aromatic nitrogens is 2. The standard InChI is InChI=1S/C17H21N3O2/c1-3-8-20-12-15(13(2)18-20)17(21)19-9-10-22-16-7-5-4-6-14(16)11-19/h4-7,12H,3,8-11H2,1-2H3. The number of nitrogens with zero attached hydrogens (tertiary/aromatic N) is 3. The van der Waals surface area contributed by atoms with Crippen LogP contribution in [-0.4, -0.2) is 33.7 Å². The lowest BCUT2D eigenvalue weighted by molar-refractivity contribution is 0.0732. The molecule has 0 N–H and O–H groups in total. The van der Waals surface area contributed by atoms with Gasteiger partial charge in [-0.3, -0.25) is 9.48 Å². The van der Waals surface area contributed by atoms with Gasteiger partial charge in [0, 0.05) is 24.8 Å². The summed E-state index contributed by atoms with van der Waals surface area (Å²) in [6, 6.07) is 7.89. The highest BCUT2D eigenvalue weighted by molar-refractivity contribution is 5.95. The average Bonchev–Trinajstić information content (AvgIpc) is 2.75.